The fraction of sp³-hybridized carbons (Fsp3) is 0.375. The minimum atomic E-state index is -3.55. The molecule has 0 spiro atoms. The van der Waals surface area contributed by atoms with Crippen molar-refractivity contribution in [3.05, 3.63) is 100 Å². The molecule has 220 valence electrons. The highest BCUT2D eigenvalue weighted by molar-refractivity contribution is 9.10. The van der Waals surface area contributed by atoms with Crippen molar-refractivity contribution in [1.82, 2.24) is 10.2 Å². The summed E-state index contributed by atoms with van der Waals surface area (Å²) < 4.78 is 27.5. The fourth-order valence-corrected chi connectivity index (χ4v) is 5.84. The lowest BCUT2D eigenvalue weighted by Crippen LogP contribution is -2.50. The second-order valence-corrected chi connectivity index (χ2v) is 12.9. The summed E-state index contributed by atoms with van der Waals surface area (Å²) in [5.41, 5.74) is 3.55. The van der Waals surface area contributed by atoms with E-state index in [1.807, 2.05) is 80.6 Å². The first-order chi connectivity index (χ1) is 19.6. The van der Waals surface area contributed by atoms with Crippen LogP contribution in [0.5, 0.6) is 0 Å². The van der Waals surface area contributed by atoms with Crippen LogP contribution in [0.3, 0.4) is 0 Å². The predicted molar refractivity (Wildman–Crippen MR) is 169 cm³/mol. The SMILES string of the molecule is CCCNC(=O)[C@@H](Cc1ccccc1)N(Cc1ccc(Br)cc1)C(=O)CCCN(c1ccc(CC)cc1)S(C)(=O)=O. The molecule has 0 aromatic heterocycles. The van der Waals surface area contributed by atoms with E-state index in [0.717, 1.165) is 34.0 Å². The highest BCUT2D eigenvalue weighted by Gasteiger charge is 2.30. The van der Waals surface area contributed by atoms with Crippen LogP contribution in [0.25, 0.3) is 0 Å². The third-order valence-electron chi connectivity index (χ3n) is 6.87. The average molecular weight is 643 g/mol. The standard InChI is InChI=1S/C32H40BrN3O4S/c1-4-21-34-32(38)30(23-26-10-7-6-8-11-26)35(24-27-13-17-28(33)18-14-27)31(37)12-9-22-36(41(3,39)40)29-19-15-25(5-2)16-20-29/h6-8,10-11,13-20,30H,4-5,9,12,21-24H2,1-3H3,(H,34,38)/t30-/m1/s1. The quantitative estimate of drug-likeness (QED) is 0.230. The molecule has 0 radical (unpaired) electrons. The van der Waals surface area contributed by atoms with E-state index in [1.165, 1.54) is 10.6 Å². The summed E-state index contributed by atoms with van der Waals surface area (Å²) in [6, 6.07) is 24.1. The van der Waals surface area contributed by atoms with Crippen LogP contribution in [-0.2, 0) is 39.0 Å². The summed E-state index contributed by atoms with van der Waals surface area (Å²) in [5, 5.41) is 2.98. The van der Waals surface area contributed by atoms with E-state index in [1.54, 1.807) is 17.0 Å². The van der Waals surface area contributed by atoms with E-state index < -0.39 is 16.1 Å². The molecule has 3 aromatic rings. The molecule has 0 heterocycles. The topological polar surface area (TPSA) is 86.8 Å². The molecule has 0 aliphatic heterocycles. The van der Waals surface area contributed by atoms with Crippen LogP contribution in [-0.4, -0.2) is 50.5 Å². The van der Waals surface area contributed by atoms with Crippen LogP contribution in [0.15, 0.2) is 83.3 Å². The van der Waals surface area contributed by atoms with E-state index in [4.69, 9.17) is 0 Å². The Kier molecular flexibility index (Phi) is 12.4. The second kappa shape index (κ2) is 15.7. The fourth-order valence-electron chi connectivity index (χ4n) is 4.61. The molecule has 0 fully saturated rings. The van der Waals surface area contributed by atoms with Gasteiger partial charge in [-0.2, -0.15) is 0 Å². The molecule has 9 heteroatoms. The Hall–Kier alpha value is -3.17. The van der Waals surface area contributed by atoms with Gasteiger partial charge < -0.3 is 10.2 Å². The molecule has 3 aromatic carbocycles. The number of amides is 2. The molecule has 1 atom stereocenters. The van der Waals surface area contributed by atoms with Gasteiger partial charge in [0.25, 0.3) is 0 Å². The number of anilines is 1. The normalized spacial score (nSPS) is 12.0. The highest BCUT2D eigenvalue weighted by atomic mass is 79.9. The van der Waals surface area contributed by atoms with E-state index in [9.17, 15) is 18.0 Å². The monoisotopic (exact) mass is 641 g/mol. The molecular formula is C32H40BrN3O4S. The Morgan fingerprint density at radius 3 is 2.10 bits per heavy atom. The lowest BCUT2D eigenvalue weighted by Gasteiger charge is -2.32. The van der Waals surface area contributed by atoms with Gasteiger partial charge >= 0.3 is 0 Å². The van der Waals surface area contributed by atoms with Crippen molar-refractivity contribution in [2.75, 3.05) is 23.7 Å². The van der Waals surface area contributed by atoms with Crippen LogP contribution in [0.4, 0.5) is 5.69 Å². The van der Waals surface area contributed by atoms with Crippen LogP contribution in [0.1, 0.15) is 49.8 Å². The minimum absolute atomic E-state index is 0.0991. The number of hydrogen-bond donors (Lipinski definition) is 1. The average Bonchev–Trinajstić information content (AvgIpc) is 2.96. The van der Waals surface area contributed by atoms with Gasteiger partial charge in [0.2, 0.25) is 21.8 Å². The summed E-state index contributed by atoms with van der Waals surface area (Å²) in [6.45, 7) is 4.97. The maximum absolute atomic E-state index is 13.8. The third kappa shape index (κ3) is 10.0. The van der Waals surface area contributed by atoms with E-state index in [0.29, 0.717) is 25.1 Å². The lowest BCUT2D eigenvalue weighted by atomic mass is 10.0. The van der Waals surface area contributed by atoms with Gasteiger partial charge in [-0.3, -0.25) is 13.9 Å². The third-order valence-corrected chi connectivity index (χ3v) is 8.59. The van der Waals surface area contributed by atoms with E-state index in [2.05, 4.69) is 21.2 Å². The molecule has 0 unspecified atom stereocenters. The Balaban J connectivity index is 1.85. The number of carbonyl (C=O) groups excluding carboxylic acids is 2. The molecule has 0 saturated carbocycles. The van der Waals surface area contributed by atoms with Gasteiger partial charge in [-0.1, -0.05) is 84.4 Å². The Morgan fingerprint density at radius 2 is 1.51 bits per heavy atom. The summed E-state index contributed by atoms with van der Waals surface area (Å²) in [6.07, 6.45) is 3.60. The summed E-state index contributed by atoms with van der Waals surface area (Å²) >= 11 is 3.46. The summed E-state index contributed by atoms with van der Waals surface area (Å²) in [4.78, 5) is 28.9. The lowest BCUT2D eigenvalue weighted by molar-refractivity contribution is -0.141. The number of aryl methyl sites for hydroxylation is 1. The van der Waals surface area contributed by atoms with Crippen molar-refractivity contribution < 1.29 is 18.0 Å². The maximum Gasteiger partial charge on any atom is 0.243 e. The predicted octanol–water partition coefficient (Wildman–Crippen LogP) is 5.72. The summed E-state index contributed by atoms with van der Waals surface area (Å²) in [5.74, 6) is -0.398. The largest absolute Gasteiger partial charge is 0.354 e. The molecule has 7 nitrogen and oxygen atoms in total. The number of carbonyl (C=O) groups is 2. The van der Waals surface area contributed by atoms with Gasteiger partial charge in [0, 0.05) is 36.9 Å². The van der Waals surface area contributed by atoms with Crippen molar-refractivity contribution in [2.24, 2.45) is 0 Å². The number of hydrogen-bond acceptors (Lipinski definition) is 4. The van der Waals surface area contributed by atoms with Crippen LogP contribution >= 0.6 is 15.9 Å². The zero-order valence-electron chi connectivity index (χ0n) is 24.1. The number of nitrogens with zero attached hydrogens (tertiary/aromatic N) is 2. The van der Waals surface area contributed by atoms with Gasteiger partial charge in [-0.25, -0.2) is 8.42 Å². The number of nitrogens with one attached hydrogen (secondary N) is 1. The molecule has 0 saturated heterocycles. The second-order valence-electron chi connectivity index (χ2n) is 10.1. The van der Waals surface area contributed by atoms with Crippen LogP contribution in [0, 0.1) is 0 Å². The molecule has 41 heavy (non-hydrogen) atoms. The van der Waals surface area contributed by atoms with Crippen LogP contribution in [0.2, 0.25) is 0 Å². The van der Waals surface area contributed by atoms with Crippen LogP contribution < -0.4 is 9.62 Å². The van der Waals surface area contributed by atoms with Crippen molar-refractivity contribution in [3.63, 3.8) is 0 Å². The van der Waals surface area contributed by atoms with E-state index >= 15 is 0 Å². The van der Waals surface area contributed by atoms with Crippen molar-refractivity contribution >= 4 is 43.5 Å². The number of halogens is 1. The number of sulfonamides is 1. The van der Waals surface area contributed by atoms with Gasteiger partial charge in [0.1, 0.15) is 6.04 Å². The Labute approximate surface area is 253 Å². The highest BCUT2D eigenvalue weighted by Crippen LogP contribution is 2.21. The van der Waals surface area contributed by atoms with Crippen molar-refractivity contribution in [3.8, 4) is 0 Å². The van der Waals surface area contributed by atoms with Gasteiger partial charge in [0.15, 0.2) is 0 Å². The molecule has 0 aliphatic carbocycles. The Bertz CT molecular complexity index is 1360. The smallest absolute Gasteiger partial charge is 0.243 e. The molecule has 1 N–H and O–H groups in total. The Morgan fingerprint density at radius 1 is 0.878 bits per heavy atom. The molecular weight excluding hydrogens is 602 g/mol. The van der Waals surface area contributed by atoms with Gasteiger partial charge in [0.05, 0.1) is 11.9 Å². The summed E-state index contributed by atoms with van der Waals surface area (Å²) in [7, 11) is -3.55. The zero-order valence-corrected chi connectivity index (χ0v) is 26.5. The van der Waals surface area contributed by atoms with Crippen molar-refractivity contribution in [1.29, 1.82) is 0 Å². The van der Waals surface area contributed by atoms with Gasteiger partial charge in [-0.05, 0) is 60.2 Å². The molecule has 3 rings (SSSR count). The first-order valence-electron chi connectivity index (χ1n) is 14.0. The van der Waals surface area contributed by atoms with Crippen molar-refractivity contribution in [2.45, 2.75) is 58.5 Å². The molecule has 0 bridgehead atoms. The van der Waals surface area contributed by atoms with Gasteiger partial charge in [-0.15, -0.1) is 0 Å². The first kappa shape index (κ1) is 32.3. The minimum Gasteiger partial charge on any atom is -0.354 e. The molecule has 2 amide bonds. The maximum atomic E-state index is 13.8. The first-order valence-corrected chi connectivity index (χ1v) is 16.7. The number of rotatable bonds is 15. The number of benzene rings is 3. The molecule has 0 aliphatic rings. The van der Waals surface area contributed by atoms with E-state index in [-0.39, 0.29) is 31.3 Å². The zero-order chi connectivity index (χ0) is 29.8.